The van der Waals surface area contributed by atoms with E-state index in [1.54, 1.807) is 24.3 Å². The first-order chi connectivity index (χ1) is 19.7. The highest BCUT2D eigenvalue weighted by Crippen LogP contribution is 2.41. The molecule has 200 valence electrons. The van der Waals surface area contributed by atoms with E-state index in [1.165, 1.54) is 5.56 Å². The summed E-state index contributed by atoms with van der Waals surface area (Å²) in [6.07, 6.45) is 7.53. The molecule has 40 heavy (non-hydrogen) atoms. The van der Waals surface area contributed by atoms with Crippen LogP contribution in [0.4, 0.5) is 11.4 Å². The zero-order chi connectivity index (χ0) is 27.1. The zero-order valence-electron chi connectivity index (χ0n) is 22.2. The van der Waals surface area contributed by atoms with Crippen LogP contribution in [0.25, 0.3) is 0 Å². The van der Waals surface area contributed by atoms with Gasteiger partial charge < -0.3 is 10.1 Å². The molecule has 0 bridgehead atoms. The zero-order valence-corrected chi connectivity index (χ0v) is 22.2. The fourth-order valence-corrected chi connectivity index (χ4v) is 6.01. The van der Waals surface area contributed by atoms with Gasteiger partial charge in [-0.25, -0.2) is 4.99 Å². The smallest absolute Gasteiger partial charge is 0.258 e. The number of piperazine rings is 1. The molecule has 4 aliphatic rings. The van der Waals surface area contributed by atoms with E-state index in [4.69, 9.17) is 4.74 Å². The molecule has 7 nitrogen and oxygen atoms in total. The predicted octanol–water partition coefficient (Wildman–Crippen LogP) is 2.73. The van der Waals surface area contributed by atoms with Crippen LogP contribution in [0.5, 0.6) is 5.75 Å². The van der Waals surface area contributed by atoms with Gasteiger partial charge in [0, 0.05) is 69.1 Å². The molecule has 0 aromatic heterocycles. The Morgan fingerprint density at radius 2 is 1.55 bits per heavy atom. The van der Waals surface area contributed by atoms with E-state index in [9.17, 15) is 9.59 Å². The van der Waals surface area contributed by atoms with Crippen molar-refractivity contribution < 1.29 is 19.3 Å². The average molecular weight is 532 g/mol. The van der Waals surface area contributed by atoms with Gasteiger partial charge in [0.25, 0.3) is 5.69 Å². The maximum Gasteiger partial charge on any atom is 0.258 e. The Kier molecular flexibility index (Phi) is 6.38. The van der Waals surface area contributed by atoms with Crippen LogP contribution < -0.4 is 15.0 Å². The number of anilines is 1. The largest absolute Gasteiger partial charge is 0.468 e. The molecule has 0 radical (unpaired) electrons. The van der Waals surface area contributed by atoms with Gasteiger partial charge in [0.2, 0.25) is 17.6 Å². The first kappa shape index (κ1) is 24.7. The van der Waals surface area contributed by atoms with Gasteiger partial charge in [-0.1, -0.05) is 66.7 Å². The molecule has 2 aliphatic heterocycles. The third-order valence-electron chi connectivity index (χ3n) is 8.12. The minimum atomic E-state index is -0.253. The molecule has 3 aromatic carbocycles. The molecule has 1 fully saturated rings. The molecule has 1 atom stereocenters. The van der Waals surface area contributed by atoms with Crippen LogP contribution in [0.1, 0.15) is 37.4 Å². The lowest BCUT2D eigenvalue weighted by Gasteiger charge is -2.35. The summed E-state index contributed by atoms with van der Waals surface area (Å²) in [6.45, 7) is 6.51. The number of carbonyl (C=O) groups excluding carboxylic acids is 2. The second-order valence-electron chi connectivity index (χ2n) is 10.6. The molecule has 2 N–H and O–H groups in total. The molecule has 3 aromatic rings. The van der Waals surface area contributed by atoms with Crippen molar-refractivity contribution in [2.24, 2.45) is 0 Å². The molecular formula is C33H31N4O3+. The third kappa shape index (κ3) is 4.47. The van der Waals surface area contributed by atoms with Crippen molar-refractivity contribution in [2.45, 2.75) is 12.6 Å². The van der Waals surface area contributed by atoms with E-state index < -0.39 is 0 Å². The molecule has 0 saturated carbocycles. The van der Waals surface area contributed by atoms with Gasteiger partial charge in [0.1, 0.15) is 5.56 Å². The van der Waals surface area contributed by atoms with Crippen LogP contribution >= 0.6 is 0 Å². The molecule has 2 heterocycles. The number of ether oxygens (including phenoxy) is 1. The Bertz CT molecular complexity index is 1580. The summed E-state index contributed by atoms with van der Waals surface area (Å²) in [5, 5.41) is 3.50. The van der Waals surface area contributed by atoms with Crippen molar-refractivity contribution in [3.05, 3.63) is 113 Å². The summed E-state index contributed by atoms with van der Waals surface area (Å²) >= 11 is 0. The Balaban J connectivity index is 1.12. The van der Waals surface area contributed by atoms with Crippen LogP contribution in [-0.4, -0.2) is 72.5 Å². The lowest BCUT2D eigenvalue weighted by Crippen LogP contribution is -2.72. The molecule has 7 rings (SSSR count). The average Bonchev–Trinajstić information content (AvgIpc) is 3.00. The van der Waals surface area contributed by atoms with E-state index in [2.05, 4.69) is 50.4 Å². The highest BCUT2D eigenvalue weighted by Gasteiger charge is 2.41. The van der Waals surface area contributed by atoms with Crippen LogP contribution in [0.3, 0.4) is 0 Å². The van der Waals surface area contributed by atoms with Crippen molar-refractivity contribution in [1.29, 1.82) is 0 Å². The van der Waals surface area contributed by atoms with E-state index in [0.29, 0.717) is 45.9 Å². The summed E-state index contributed by atoms with van der Waals surface area (Å²) in [5.41, 5.74) is 5.08. The van der Waals surface area contributed by atoms with Gasteiger partial charge in [-0.2, -0.15) is 0 Å². The van der Waals surface area contributed by atoms with Crippen LogP contribution in [0, 0.1) is 0 Å². The number of nitrogens with one attached hydrogen (secondary N) is 2. The highest BCUT2D eigenvalue weighted by molar-refractivity contribution is 6.32. The number of fused-ring (bicyclic) bond motifs is 5. The maximum atomic E-state index is 13.8. The maximum absolute atomic E-state index is 13.8. The summed E-state index contributed by atoms with van der Waals surface area (Å²) in [6, 6.07) is 19.5. The SMILES string of the molecule is O=C1c2ccccc2C(=O)c2c3c(cc(NCCN4CCN(Cc5ccccc5)CC4)c21)OC1C=CC=CC1=[NH+]3. The number of benzene rings is 3. The molecule has 0 spiro atoms. The molecular weight excluding hydrogens is 500 g/mol. The number of carbonyl (C=O) groups is 2. The van der Waals surface area contributed by atoms with Gasteiger partial charge in [0.15, 0.2) is 11.5 Å². The second-order valence-corrected chi connectivity index (χ2v) is 10.6. The van der Waals surface area contributed by atoms with Crippen molar-refractivity contribution in [3.8, 4) is 5.75 Å². The monoisotopic (exact) mass is 531 g/mol. The van der Waals surface area contributed by atoms with Crippen molar-refractivity contribution in [1.82, 2.24) is 9.80 Å². The first-order valence-corrected chi connectivity index (χ1v) is 13.9. The van der Waals surface area contributed by atoms with E-state index in [0.717, 1.165) is 45.0 Å². The molecule has 7 heteroatoms. The fraction of sp³-hybridized carbons (Fsp3) is 0.242. The van der Waals surface area contributed by atoms with E-state index in [-0.39, 0.29) is 17.7 Å². The highest BCUT2D eigenvalue weighted by atomic mass is 16.5. The summed E-state index contributed by atoms with van der Waals surface area (Å²) in [5.74, 6) is 0.271. The van der Waals surface area contributed by atoms with Crippen molar-refractivity contribution in [2.75, 3.05) is 44.6 Å². The number of allylic oxidation sites excluding steroid dienone is 2. The third-order valence-corrected chi connectivity index (χ3v) is 8.12. The van der Waals surface area contributed by atoms with Gasteiger partial charge in [-0.15, -0.1) is 0 Å². The summed E-state index contributed by atoms with van der Waals surface area (Å²) < 4.78 is 6.31. The normalized spacial score (nSPS) is 19.7. The minimum absolute atomic E-state index is 0.141. The molecule has 0 amide bonds. The molecule has 2 aliphatic carbocycles. The predicted molar refractivity (Wildman–Crippen MR) is 155 cm³/mol. The standard InChI is InChI=1S/C33H30N4O3/c38-32-23-10-4-5-11-24(23)33(39)30-29(32)26(20-28-31(30)35-25-12-6-7-13-27(25)40-28)34-14-15-36-16-18-37(19-17-36)21-22-8-2-1-3-9-22/h1-13,20,27,34H,14-19,21H2/p+1. The van der Waals surface area contributed by atoms with Crippen LogP contribution in [0.2, 0.25) is 0 Å². The van der Waals surface area contributed by atoms with Crippen LogP contribution in [0.15, 0.2) is 85.0 Å². The van der Waals surface area contributed by atoms with Gasteiger partial charge >= 0.3 is 0 Å². The number of hydrogen-bond acceptors (Lipinski definition) is 6. The topological polar surface area (TPSA) is 75.9 Å². The van der Waals surface area contributed by atoms with Gasteiger partial charge in [0.05, 0.1) is 11.3 Å². The van der Waals surface area contributed by atoms with E-state index >= 15 is 0 Å². The van der Waals surface area contributed by atoms with Gasteiger partial charge in [-0.3, -0.25) is 19.4 Å². The van der Waals surface area contributed by atoms with Gasteiger partial charge in [-0.05, 0) is 11.6 Å². The number of nitrogens with zero attached hydrogens (tertiary/aromatic N) is 2. The second kappa shape index (κ2) is 10.3. The fourth-order valence-electron chi connectivity index (χ4n) is 6.01. The van der Waals surface area contributed by atoms with Crippen molar-refractivity contribution >= 4 is 28.7 Å². The Hall–Kier alpha value is -4.33. The number of hydrogen-bond donors (Lipinski definition) is 2. The summed E-state index contributed by atoms with van der Waals surface area (Å²) in [7, 11) is 0. The Labute approximate surface area is 233 Å². The summed E-state index contributed by atoms with van der Waals surface area (Å²) in [4.78, 5) is 35.9. The number of ketones is 2. The molecule has 1 saturated heterocycles. The lowest BCUT2D eigenvalue weighted by molar-refractivity contribution is -0.362. The van der Waals surface area contributed by atoms with Crippen molar-refractivity contribution in [3.63, 3.8) is 0 Å². The molecule has 1 unspecified atom stereocenters. The van der Waals surface area contributed by atoms with Crippen LogP contribution in [-0.2, 0) is 6.54 Å². The quantitative estimate of drug-likeness (QED) is 0.399. The lowest BCUT2D eigenvalue weighted by atomic mass is 9.81. The van der Waals surface area contributed by atoms with E-state index in [1.807, 2.05) is 30.4 Å². The minimum Gasteiger partial charge on any atom is -0.468 e. The Morgan fingerprint density at radius 3 is 2.33 bits per heavy atom. The Morgan fingerprint density at radius 1 is 0.850 bits per heavy atom. The number of rotatable bonds is 6. The first-order valence-electron chi connectivity index (χ1n) is 13.9.